The molecule has 142 valence electrons. The van der Waals surface area contributed by atoms with Gasteiger partial charge in [-0.05, 0) is 37.2 Å². The van der Waals surface area contributed by atoms with E-state index < -0.39 is 11.7 Å². The second-order valence-electron chi connectivity index (χ2n) is 6.88. The Morgan fingerprint density at radius 1 is 1.22 bits per heavy atom. The van der Waals surface area contributed by atoms with Crippen molar-refractivity contribution < 1.29 is 17.9 Å². The number of para-hydroxylation sites is 1. The summed E-state index contributed by atoms with van der Waals surface area (Å²) in [4.78, 5) is 9.93. The quantitative estimate of drug-likeness (QED) is 0.726. The van der Waals surface area contributed by atoms with Gasteiger partial charge in [-0.3, -0.25) is 4.90 Å². The number of imidazole rings is 1. The van der Waals surface area contributed by atoms with Crippen LogP contribution in [0.5, 0.6) is 5.75 Å². The molecule has 1 aliphatic rings. The minimum atomic E-state index is -4.35. The zero-order valence-electron chi connectivity index (χ0n) is 14.9. The summed E-state index contributed by atoms with van der Waals surface area (Å²) in [5, 5.41) is 0. The molecule has 2 aromatic carbocycles. The molecule has 0 amide bonds. The number of ether oxygens (including phenoxy) is 1. The molecular formula is C20H20F3N3O. The van der Waals surface area contributed by atoms with E-state index in [-0.39, 0.29) is 5.92 Å². The monoisotopic (exact) mass is 375 g/mol. The summed E-state index contributed by atoms with van der Waals surface area (Å²) in [7, 11) is 1.66. The maximum absolute atomic E-state index is 12.9. The molecule has 1 fully saturated rings. The number of benzene rings is 2. The number of rotatable bonds is 4. The Bertz CT molecular complexity index is 951. The predicted molar refractivity (Wildman–Crippen MR) is 96.7 cm³/mol. The van der Waals surface area contributed by atoms with E-state index in [1.165, 1.54) is 6.07 Å². The number of methoxy groups -OCH3 is 1. The lowest BCUT2D eigenvalue weighted by molar-refractivity contribution is -0.137. The number of aromatic nitrogens is 2. The molecular weight excluding hydrogens is 355 g/mol. The van der Waals surface area contributed by atoms with Crippen molar-refractivity contribution >= 4 is 11.0 Å². The molecule has 0 aliphatic carbocycles. The van der Waals surface area contributed by atoms with Crippen LogP contribution >= 0.6 is 0 Å². The van der Waals surface area contributed by atoms with E-state index in [4.69, 9.17) is 4.74 Å². The Hall–Kier alpha value is -2.54. The van der Waals surface area contributed by atoms with Crippen LogP contribution in [0.15, 0.2) is 42.5 Å². The summed E-state index contributed by atoms with van der Waals surface area (Å²) in [6.45, 7) is 2.50. The van der Waals surface area contributed by atoms with Crippen LogP contribution in [0.4, 0.5) is 13.2 Å². The highest BCUT2D eigenvalue weighted by Crippen LogP contribution is 2.33. The summed E-state index contributed by atoms with van der Waals surface area (Å²) in [6, 6.07) is 11.6. The Kier molecular flexibility index (Phi) is 4.55. The van der Waals surface area contributed by atoms with Crippen LogP contribution in [-0.2, 0) is 12.7 Å². The molecule has 0 bridgehead atoms. The summed E-state index contributed by atoms with van der Waals surface area (Å²) < 4.78 is 44.1. The normalized spacial score (nSPS) is 18.3. The van der Waals surface area contributed by atoms with Crippen LogP contribution in [0.2, 0.25) is 0 Å². The summed E-state index contributed by atoms with van der Waals surface area (Å²) in [5.74, 6) is 1.80. The molecule has 27 heavy (non-hydrogen) atoms. The number of nitrogens with zero attached hydrogens (tertiary/aromatic N) is 2. The molecule has 0 spiro atoms. The van der Waals surface area contributed by atoms with Gasteiger partial charge in [-0.1, -0.05) is 18.2 Å². The van der Waals surface area contributed by atoms with Crippen molar-refractivity contribution in [3.8, 4) is 5.75 Å². The van der Waals surface area contributed by atoms with Crippen molar-refractivity contribution in [1.29, 1.82) is 0 Å². The SMILES string of the molecule is COc1ccccc1CN1CC[C@H](c2nc3ccc(C(F)(F)F)cc3[nH]2)C1. The van der Waals surface area contributed by atoms with E-state index in [9.17, 15) is 13.2 Å². The van der Waals surface area contributed by atoms with E-state index in [1.807, 2.05) is 24.3 Å². The average molecular weight is 375 g/mol. The molecule has 3 aromatic rings. The average Bonchev–Trinajstić information content (AvgIpc) is 3.27. The fraction of sp³-hybridized carbons (Fsp3) is 0.350. The standard InChI is InChI=1S/C20H20F3N3O/c1-27-18-5-3-2-4-13(18)11-26-9-8-14(12-26)19-24-16-7-6-15(20(21,22)23)10-17(16)25-19/h2-7,10,14H,8-9,11-12H2,1H3,(H,24,25)/t14-/m0/s1. The molecule has 4 nitrogen and oxygen atoms in total. The highest BCUT2D eigenvalue weighted by Gasteiger charge is 2.31. The molecule has 0 unspecified atom stereocenters. The third-order valence-corrected chi connectivity index (χ3v) is 5.07. The van der Waals surface area contributed by atoms with E-state index in [0.29, 0.717) is 11.0 Å². The molecule has 1 aliphatic heterocycles. The summed E-state index contributed by atoms with van der Waals surface area (Å²) >= 11 is 0. The minimum absolute atomic E-state index is 0.182. The van der Waals surface area contributed by atoms with Crippen molar-refractivity contribution in [2.24, 2.45) is 0 Å². The van der Waals surface area contributed by atoms with E-state index in [1.54, 1.807) is 7.11 Å². The van der Waals surface area contributed by atoms with Gasteiger partial charge in [0.05, 0.1) is 23.7 Å². The third kappa shape index (κ3) is 3.64. The Morgan fingerprint density at radius 2 is 2.04 bits per heavy atom. The van der Waals surface area contributed by atoms with Gasteiger partial charge in [0.15, 0.2) is 0 Å². The third-order valence-electron chi connectivity index (χ3n) is 5.07. The first-order chi connectivity index (χ1) is 12.9. The van der Waals surface area contributed by atoms with Gasteiger partial charge in [-0.25, -0.2) is 4.98 Å². The maximum atomic E-state index is 12.9. The lowest BCUT2D eigenvalue weighted by Crippen LogP contribution is -2.20. The summed E-state index contributed by atoms with van der Waals surface area (Å²) in [5.41, 5.74) is 1.47. The van der Waals surface area contributed by atoms with Crippen LogP contribution in [-0.4, -0.2) is 35.1 Å². The number of fused-ring (bicyclic) bond motifs is 1. The molecule has 1 atom stereocenters. The van der Waals surface area contributed by atoms with E-state index >= 15 is 0 Å². The molecule has 7 heteroatoms. The topological polar surface area (TPSA) is 41.1 Å². The number of H-pyrrole nitrogens is 1. The van der Waals surface area contributed by atoms with Crippen molar-refractivity contribution in [2.75, 3.05) is 20.2 Å². The number of aromatic amines is 1. The first-order valence-corrected chi connectivity index (χ1v) is 8.85. The van der Waals surface area contributed by atoms with Gasteiger partial charge in [-0.15, -0.1) is 0 Å². The van der Waals surface area contributed by atoms with E-state index in [0.717, 1.165) is 55.3 Å². The van der Waals surface area contributed by atoms with Gasteiger partial charge in [0.2, 0.25) is 0 Å². The molecule has 2 heterocycles. The zero-order valence-corrected chi connectivity index (χ0v) is 14.9. The molecule has 0 radical (unpaired) electrons. The highest BCUT2D eigenvalue weighted by atomic mass is 19.4. The maximum Gasteiger partial charge on any atom is 0.416 e. The van der Waals surface area contributed by atoms with Gasteiger partial charge < -0.3 is 9.72 Å². The fourth-order valence-electron chi connectivity index (χ4n) is 3.67. The number of hydrogen-bond donors (Lipinski definition) is 1. The molecule has 1 N–H and O–H groups in total. The minimum Gasteiger partial charge on any atom is -0.496 e. The van der Waals surface area contributed by atoms with Gasteiger partial charge in [0.1, 0.15) is 11.6 Å². The highest BCUT2D eigenvalue weighted by molar-refractivity contribution is 5.76. The smallest absolute Gasteiger partial charge is 0.416 e. The van der Waals surface area contributed by atoms with Crippen molar-refractivity contribution in [1.82, 2.24) is 14.9 Å². The molecule has 1 aromatic heterocycles. The molecule has 4 rings (SSSR count). The second-order valence-corrected chi connectivity index (χ2v) is 6.88. The van der Waals surface area contributed by atoms with Crippen LogP contribution in [0.25, 0.3) is 11.0 Å². The number of halogens is 3. The van der Waals surface area contributed by atoms with Crippen molar-refractivity contribution in [2.45, 2.75) is 25.1 Å². The van der Waals surface area contributed by atoms with Gasteiger partial charge in [0.25, 0.3) is 0 Å². The number of alkyl halides is 3. The lowest BCUT2D eigenvalue weighted by Gasteiger charge is -2.17. The zero-order chi connectivity index (χ0) is 19.0. The Balaban J connectivity index is 1.50. The number of nitrogens with one attached hydrogen (secondary N) is 1. The largest absolute Gasteiger partial charge is 0.496 e. The first kappa shape index (κ1) is 17.9. The molecule has 1 saturated heterocycles. The lowest BCUT2D eigenvalue weighted by atomic mass is 10.1. The van der Waals surface area contributed by atoms with Gasteiger partial charge >= 0.3 is 6.18 Å². The first-order valence-electron chi connectivity index (χ1n) is 8.85. The van der Waals surface area contributed by atoms with Crippen LogP contribution < -0.4 is 4.74 Å². The predicted octanol–water partition coefficient (Wildman–Crippen LogP) is 4.58. The van der Waals surface area contributed by atoms with Crippen LogP contribution in [0.1, 0.15) is 29.3 Å². The number of likely N-dealkylation sites (tertiary alicyclic amines) is 1. The Morgan fingerprint density at radius 3 is 2.81 bits per heavy atom. The fourth-order valence-corrected chi connectivity index (χ4v) is 3.67. The van der Waals surface area contributed by atoms with Crippen LogP contribution in [0.3, 0.4) is 0 Å². The second kappa shape index (κ2) is 6.88. The van der Waals surface area contributed by atoms with E-state index in [2.05, 4.69) is 14.9 Å². The van der Waals surface area contributed by atoms with Crippen LogP contribution in [0, 0.1) is 0 Å². The summed E-state index contributed by atoms with van der Waals surface area (Å²) in [6.07, 6.45) is -3.43. The van der Waals surface area contributed by atoms with Gasteiger partial charge in [-0.2, -0.15) is 13.2 Å². The number of hydrogen-bond acceptors (Lipinski definition) is 3. The van der Waals surface area contributed by atoms with Crippen molar-refractivity contribution in [3.05, 3.63) is 59.4 Å². The molecule has 0 saturated carbocycles. The Labute approximate surface area is 155 Å². The van der Waals surface area contributed by atoms with Crippen molar-refractivity contribution in [3.63, 3.8) is 0 Å². The van der Waals surface area contributed by atoms with Gasteiger partial charge in [0, 0.05) is 24.6 Å².